The summed E-state index contributed by atoms with van der Waals surface area (Å²) in [5.41, 5.74) is 25.3. The van der Waals surface area contributed by atoms with Crippen LogP contribution in [0.1, 0.15) is 85.9 Å². The molecular weight excluding hydrogens is 811 g/mol. The van der Waals surface area contributed by atoms with Crippen molar-refractivity contribution in [3.8, 4) is 33.4 Å². The molecule has 0 amide bonds. The zero-order chi connectivity index (χ0) is 45.0. The van der Waals surface area contributed by atoms with E-state index in [0.29, 0.717) is 0 Å². The molecule has 0 unspecified atom stereocenters. The smallest absolute Gasteiger partial charge is 0.143 e. The largest absolute Gasteiger partial charge is 0.455 e. The molecule has 0 aliphatic heterocycles. The van der Waals surface area contributed by atoms with E-state index in [1.807, 2.05) is 0 Å². The quantitative estimate of drug-likeness (QED) is 0.159. The van der Waals surface area contributed by atoms with Crippen LogP contribution in [0, 0.1) is 0 Å². The molecule has 1 aromatic heterocycles. The molecule has 13 rings (SSSR count). The molecule has 4 aliphatic carbocycles. The second kappa shape index (κ2) is 14.9. The predicted molar refractivity (Wildman–Crippen MR) is 282 cm³/mol. The van der Waals surface area contributed by atoms with Crippen LogP contribution in [-0.4, -0.2) is 0 Å². The molecule has 0 radical (unpaired) electrons. The minimum Gasteiger partial charge on any atom is -0.455 e. The highest BCUT2D eigenvalue weighted by atomic mass is 16.3. The SMILES string of the molecule is CC/C=C\C1=C(C)C(C)(C)c2cc(N(c3ccc(C4=CCCC=C4)cc3)c3ccc(-c4cc5c(c6c4oc4ccccc46)-c4ccccc4C54c5ccccc5-c5ccccc54)cc3)ccc21. The van der Waals surface area contributed by atoms with Crippen molar-refractivity contribution in [2.24, 2.45) is 0 Å². The summed E-state index contributed by atoms with van der Waals surface area (Å²) in [6.07, 6.45) is 14.7. The van der Waals surface area contributed by atoms with E-state index in [1.165, 1.54) is 83.3 Å². The van der Waals surface area contributed by atoms with Crippen molar-refractivity contribution in [3.05, 3.63) is 245 Å². The normalized spacial score (nSPS) is 15.9. The molecule has 1 heterocycles. The average Bonchev–Trinajstić information content (AvgIpc) is 4.06. The van der Waals surface area contributed by atoms with Crippen LogP contribution < -0.4 is 4.90 Å². The van der Waals surface area contributed by atoms with Crippen LogP contribution in [-0.2, 0) is 10.8 Å². The molecule has 0 saturated heterocycles. The van der Waals surface area contributed by atoms with Gasteiger partial charge in [0.2, 0.25) is 0 Å². The molecule has 0 atom stereocenters. The Kier molecular flexibility index (Phi) is 8.83. The third-order valence-electron chi connectivity index (χ3n) is 15.6. The highest BCUT2D eigenvalue weighted by molar-refractivity contribution is 6.19. The summed E-state index contributed by atoms with van der Waals surface area (Å²) in [6, 6.07) is 63.8. The van der Waals surface area contributed by atoms with Gasteiger partial charge in [-0.3, -0.25) is 0 Å². The maximum atomic E-state index is 7.02. The van der Waals surface area contributed by atoms with Crippen molar-refractivity contribution in [1.29, 1.82) is 0 Å². The van der Waals surface area contributed by atoms with Gasteiger partial charge in [-0.05, 0) is 153 Å². The molecule has 9 aromatic rings. The van der Waals surface area contributed by atoms with Crippen LogP contribution in [0.5, 0.6) is 0 Å². The van der Waals surface area contributed by atoms with E-state index in [2.05, 4.69) is 233 Å². The van der Waals surface area contributed by atoms with Crippen LogP contribution in [0.15, 0.2) is 210 Å². The van der Waals surface area contributed by atoms with E-state index >= 15 is 0 Å². The summed E-state index contributed by atoms with van der Waals surface area (Å²) < 4.78 is 7.02. The van der Waals surface area contributed by atoms with Crippen LogP contribution >= 0.6 is 0 Å². The fourth-order valence-corrected chi connectivity index (χ4v) is 12.2. The number of fused-ring (bicyclic) bond motifs is 15. The van der Waals surface area contributed by atoms with E-state index in [-0.39, 0.29) is 5.41 Å². The van der Waals surface area contributed by atoms with Gasteiger partial charge in [0, 0.05) is 38.8 Å². The first-order chi connectivity index (χ1) is 32.9. The number of para-hydroxylation sites is 1. The van der Waals surface area contributed by atoms with Gasteiger partial charge in [-0.1, -0.05) is 178 Å². The fourth-order valence-electron chi connectivity index (χ4n) is 12.2. The molecule has 0 N–H and O–H groups in total. The Hall–Kier alpha value is -7.68. The number of anilines is 3. The number of furan rings is 1. The van der Waals surface area contributed by atoms with Crippen LogP contribution in [0.3, 0.4) is 0 Å². The van der Waals surface area contributed by atoms with Gasteiger partial charge in [0.15, 0.2) is 0 Å². The zero-order valence-corrected chi connectivity index (χ0v) is 38.5. The van der Waals surface area contributed by atoms with Gasteiger partial charge in [-0.25, -0.2) is 0 Å². The Morgan fingerprint density at radius 3 is 1.85 bits per heavy atom. The van der Waals surface area contributed by atoms with Gasteiger partial charge in [-0.2, -0.15) is 0 Å². The average molecular weight is 862 g/mol. The molecule has 2 heteroatoms. The monoisotopic (exact) mass is 861 g/mol. The van der Waals surface area contributed by atoms with E-state index in [0.717, 1.165) is 64.0 Å². The summed E-state index contributed by atoms with van der Waals surface area (Å²) >= 11 is 0. The molecule has 0 saturated carbocycles. The van der Waals surface area contributed by atoms with Crippen LogP contribution in [0.2, 0.25) is 0 Å². The van der Waals surface area contributed by atoms with Gasteiger partial charge < -0.3 is 9.32 Å². The minimum atomic E-state index is -0.479. The van der Waals surface area contributed by atoms with Gasteiger partial charge in [0.05, 0.1) is 5.41 Å². The maximum absolute atomic E-state index is 7.02. The molecule has 0 bridgehead atoms. The van der Waals surface area contributed by atoms with Gasteiger partial charge >= 0.3 is 0 Å². The molecule has 2 nitrogen and oxygen atoms in total. The third kappa shape index (κ3) is 5.63. The van der Waals surface area contributed by atoms with E-state index in [1.54, 1.807) is 0 Å². The first-order valence-corrected chi connectivity index (χ1v) is 24.1. The number of nitrogens with zero attached hydrogens (tertiary/aromatic N) is 1. The lowest BCUT2D eigenvalue weighted by Gasteiger charge is -2.31. The summed E-state index contributed by atoms with van der Waals surface area (Å²) in [7, 11) is 0. The van der Waals surface area contributed by atoms with Crippen LogP contribution in [0.25, 0.3) is 66.5 Å². The number of allylic oxidation sites excluding steroid dienone is 8. The van der Waals surface area contributed by atoms with Crippen molar-refractivity contribution in [1.82, 2.24) is 0 Å². The molecular formula is C65H51NO. The molecule has 0 fully saturated rings. The van der Waals surface area contributed by atoms with E-state index in [4.69, 9.17) is 4.42 Å². The molecule has 322 valence electrons. The summed E-state index contributed by atoms with van der Waals surface area (Å²) in [4.78, 5) is 2.43. The van der Waals surface area contributed by atoms with Gasteiger partial charge in [0.1, 0.15) is 11.2 Å². The second-order valence-electron chi connectivity index (χ2n) is 19.3. The first-order valence-electron chi connectivity index (χ1n) is 24.1. The Bertz CT molecular complexity index is 3600. The lowest BCUT2D eigenvalue weighted by molar-refractivity contribution is 0.639. The topological polar surface area (TPSA) is 16.4 Å². The Balaban J connectivity index is 1.01. The summed E-state index contributed by atoms with van der Waals surface area (Å²) in [5.74, 6) is 0. The fraction of sp³-hybridized carbons (Fsp3) is 0.138. The Morgan fingerprint density at radius 1 is 0.567 bits per heavy atom. The second-order valence-corrected chi connectivity index (χ2v) is 19.3. The number of benzene rings is 8. The zero-order valence-electron chi connectivity index (χ0n) is 38.5. The lowest BCUT2D eigenvalue weighted by Crippen LogP contribution is -2.25. The van der Waals surface area contributed by atoms with Gasteiger partial charge in [0.25, 0.3) is 0 Å². The molecule has 4 aliphatic rings. The van der Waals surface area contributed by atoms with Crippen molar-refractivity contribution >= 4 is 50.1 Å². The summed E-state index contributed by atoms with van der Waals surface area (Å²) in [6.45, 7) is 9.26. The Labute approximate surface area is 393 Å². The maximum Gasteiger partial charge on any atom is 0.143 e. The van der Waals surface area contributed by atoms with Gasteiger partial charge in [-0.15, -0.1) is 0 Å². The number of hydrogen-bond acceptors (Lipinski definition) is 2. The summed E-state index contributed by atoms with van der Waals surface area (Å²) in [5, 5.41) is 2.33. The van der Waals surface area contributed by atoms with Crippen molar-refractivity contribution in [2.45, 2.75) is 57.8 Å². The van der Waals surface area contributed by atoms with E-state index < -0.39 is 5.41 Å². The number of hydrogen-bond donors (Lipinski definition) is 0. The molecule has 8 aromatic carbocycles. The predicted octanol–water partition coefficient (Wildman–Crippen LogP) is 17.8. The van der Waals surface area contributed by atoms with Crippen molar-refractivity contribution in [3.63, 3.8) is 0 Å². The highest BCUT2D eigenvalue weighted by Crippen LogP contribution is 2.65. The molecule has 67 heavy (non-hydrogen) atoms. The Morgan fingerprint density at radius 2 is 1.18 bits per heavy atom. The van der Waals surface area contributed by atoms with Crippen molar-refractivity contribution < 1.29 is 4.42 Å². The molecule has 1 spiro atoms. The first kappa shape index (κ1) is 39.7. The standard InChI is InChI=1S/C65H51NO/c1-5-6-20-48-41(2)64(3,4)58-39-47(37-38-51(48)58)66(45-33-29-43(30-34-45)42-18-8-7-9-19-42)46-35-31-44(32-36-46)54-40-59-61(62-53-24-13-17-28-60(53)67-63(54)62)52-23-12-16-27-57(52)65(59)55-25-14-10-21-49(55)50-22-11-15-26-56(50)65/h6,8,10-40H,5,7,9H2,1-4H3/b20-6-. The third-order valence-corrected chi connectivity index (χ3v) is 15.6. The highest BCUT2D eigenvalue weighted by Gasteiger charge is 2.52. The van der Waals surface area contributed by atoms with Crippen molar-refractivity contribution in [2.75, 3.05) is 4.90 Å². The number of rotatable bonds is 7. The van der Waals surface area contributed by atoms with E-state index in [9.17, 15) is 0 Å². The minimum absolute atomic E-state index is 0.0964. The van der Waals surface area contributed by atoms with Crippen LogP contribution in [0.4, 0.5) is 17.1 Å². The lowest BCUT2D eigenvalue weighted by atomic mass is 9.70.